The molecule has 1 amide bonds. The van der Waals surface area contributed by atoms with E-state index in [0.717, 1.165) is 74.0 Å². The van der Waals surface area contributed by atoms with Gasteiger partial charge < -0.3 is 15.0 Å². The molecule has 3 heterocycles. The number of aromatic nitrogens is 3. The van der Waals surface area contributed by atoms with Crippen molar-refractivity contribution < 1.29 is 14.3 Å². The number of amides is 1. The molecule has 8 heteroatoms. The van der Waals surface area contributed by atoms with Gasteiger partial charge in [0.15, 0.2) is 5.65 Å². The number of fused-ring (bicyclic) bond motifs is 1. The van der Waals surface area contributed by atoms with Gasteiger partial charge in [-0.2, -0.15) is 5.10 Å². The molecule has 0 aromatic carbocycles. The van der Waals surface area contributed by atoms with Crippen LogP contribution in [0.2, 0.25) is 0 Å². The lowest BCUT2D eigenvalue weighted by Gasteiger charge is -2.35. The Bertz CT molecular complexity index is 956. The second-order valence-electron chi connectivity index (χ2n) is 8.75. The Morgan fingerprint density at radius 2 is 1.87 bits per heavy atom. The largest absolute Gasteiger partial charge is 0.462 e. The van der Waals surface area contributed by atoms with Crippen LogP contribution in [0.15, 0.2) is 6.20 Å². The SMILES string of the molecule is CCOC(=O)c1cnc2c(c(C)nn2C)c1N1CCC(NC(=O)C2CCCCC2)CC1. The maximum absolute atomic E-state index is 12.7. The number of nitrogens with one attached hydrogen (secondary N) is 1. The fourth-order valence-electron chi connectivity index (χ4n) is 5.01. The standard InChI is InChI=1S/C23H33N5O3/c1-4-31-23(30)18-14-24-21-19(15(2)26-27(21)3)20(18)28-12-10-17(11-13-28)25-22(29)16-8-6-5-7-9-16/h14,16-17H,4-13H2,1-3H3,(H,25,29). The summed E-state index contributed by atoms with van der Waals surface area (Å²) in [5, 5.41) is 8.70. The molecule has 0 spiro atoms. The number of hydrogen-bond acceptors (Lipinski definition) is 6. The van der Waals surface area contributed by atoms with E-state index in [4.69, 9.17) is 4.74 Å². The van der Waals surface area contributed by atoms with E-state index in [1.165, 1.54) is 6.42 Å². The van der Waals surface area contributed by atoms with E-state index < -0.39 is 0 Å². The van der Waals surface area contributed by atoms with E-state index in [1.807, 2.05) is 14.0 Å². The van der Waals surface area contributed by atoms with Crippen LogP contribution in [0.4, 0.5) is 5.69 Å². The third kappa shape index (κ3) is 4.38. The highest BCUT2D eigenvalue weighted by Crippen LogP contribution is 2.34. The first-order chi connectivity index (χ1) is 15.0. The Labute approximate surface area is 183 Å². The molecule has 1 saturated heterocycles. The molecule has 4 rings (SSSR count). The summed E-state index contributed by atoms with van der Waals surface area (Å²) in [4.78, 5) is 32.0. The summed E-state index contributed by atoms with van der Waals surface area (Å²) in [7, 11) is 1.86. The molecule has 2 aromatic heterocycles. The minimum absolute atomic E-state index is 0.181. The predicted molar refractivity (Wildman–Crippen MR) is 119 cm³/mol. The van der Waals surface area contributed by atoms with E-state index >= 15 is 0 Å². The van der Waals surface area contributed by atoms with E-state index in [2.05, 4.69) is 20.3 Å². The number of pyridine rings is 1. The van der Waals surface area contributed by atoms with Crippen molar-refractivity contribution in [3.63, 3.8) is 0 Å². The molecule has 31 heavy (non-hydrogen) atoms. The topological polar surface area (TPSA) is 89.3 Å². The minimum Gasteiger partial charge on any atom is -0.462 e. The lowest BCUT2D eigenvalue weighted by atomic mass is 9.88. The lowest BCUT2D eigenvalue weighted by Crippen LogP contribution is -2.47. The first-order valence-corrected chi connectivity index (χ1v) is 11.5. The van der Waals surface area contributed by atoms with Crippen LogP contribution in [-0.4, -0.2) is 52.4 Å². The summed E-state index contributed by atoms with van der Waals surface area (Å²) in [6.07, 6.45) is 8.91. The molecule has 2 aromatic rings. The molecule has 8 nitrogen and oxygen atoms in total. The third-order valence-corrected chi connectivity index (χ3v) is 6.63. The Balaban J connectivity index is 1.53. The summed E-state index contributed by atoms with van der Waals surface area (Å²) >= 11 is 0. The number of aryl methyl sites for hydroxylation is 2. The maximum Gasteiger partial charge on any atom is 0.341 e. The van der Waals surface area contributed by atoms with Crippen molar-refractivity contribution in [1.82, 2.24) is 20.1 Å². The van der Waals surface area contributed by atoms with Crippen molar-refractivity contribution in [3.8, 4) is 0 Å². The van der Waals surface area contributed by atoms with Gasteiger partial charge in [0.05, 0.1) is 23.4 Å². The average Bonchev–Trinajstić information content (AvgIpc) is 3.08. The summed E-state index contributed by atoms with van der Waals surface area (Å²) in [6.45, 7) is 5.58. The smallest absolute Gasteiger partial charge is 0.341 e. The number of nitrogens with zero attached hydrogens (tertiary/aromatic N) is 4. The molecule has 1 aliphatic heterocycles. The molecule has 2 aliphatic rings. The monoisotopic (exact) mass is 427 g/mol. The van der Waals surface area contributed by atoms with Crippen LogP contribution < -0.4 is 10.2 Å². The minimum atomic E-state index is -0.358. The zero-order chi connectivity index (χ0) is 22.0. The van der Waals surface area contributed by atoms with Crippen molar-refractivity contribution in [1.29, 1.82) is 0 Å². The molecule has 0 bridgehead atoms. The Kier molecular flexibility index (Phi) is 6.43. The molecule has 0 radical (unpaired) electrons. The van der Waals surface area contributed by atoms with Crippen LogP contribution in [0.3, 0.4) is 0 Å². The maximum atomic E-state index is 12.7. The molecule has 168 valence electrons. The van der Waals surface area contributed by atoms with Crippen molar-refractivity contribution in [3.05, 3.63) is 17.5 Å². The van der Waals surface area contributed by atoms with Crippen LogP contribution in [0.1, 0.15) is 67.9 Å². The zero-order valence-electron chi connectivity index (χ0n) is 18.8. The van der Waals surface area contributed by atoms with Gasteiger partial charge in [-0.1, -0.05) is 19.3 Å². The molecule has 0 atom stereocenters. The quantitative estimate of drug-likeness (QED) is 0.738. The molecule has 1 aliphatic carbocycles. The summed E-state index contributed by atoms with van der Waals surface area (Å²) < 4.78 is 7.06. The number of carbonyl (C=O) groups is 2. The lowest BCUT2D eigenvalue weighted by molar-refractivity contribution is -0.126. The number of rotatable bonds is 5. The van der Waals surface area contributed by atoms with Gasteiger partial charge in [0.2, 0.25) is 5.91 Å². The summed E-state index contributed by atoms with van der Waals surface area (Å²) in [5.41, 5.74) is 2.94. The van der Waals surface area contributed by atoms with Crippen LogP contribution >= 0.6 is 0 Å². The van der Waals surface area contributed by atoms with Crippen molar-refractivity contribution in [2.24, 2.45) is 13.0 Å². The highest BCUT2D eigenvalue weighted by molar-refractivity contribution is 6.05. The van der Waals surface area contributed by atoms with Crippen LogP contribution in [0.25, 0.3) is 11.0 Å². The number of esters is 1. The van der Waals surface area contributed by atoms with Crippen LogP contribution in [0, 0.1) is 12.8 Å². The van der Waals surface area contributed by atoms with Gasteiger partial charge in [0, 0.05) is 38.3 Å². The van der Waals surface area contributed by atoms with E-state index in [0.29, 0.717) is 12.2 Å². The predicted octanol–water partition coefficient (Wildman–Crippen LogP) is 3.12. The van der Waals surface area contributed by atoms with Crippen molar-refractivity contribution >= 4 is 28.6 Å². The fraction of sp³-hybridized carbons (Fsp3) is 0.652. The van der Waals surface area contributed by atoms with E-state index in [9.17, 15) is 9.59 Å². The molecule has 0 unspecified atom stereocenters. The highest BCUT2D eigenvalue weighted by atomic mass is 16.5. The van der Waals surface area contributed by atoms with Crippen LogP contribution in [0.5, 0.6) is 0 Å². The first kappa shape index (κ1) is 21.6. The van der Waals surface area contributed by atoms with Gasteiger partial charge in [0.25, 0.3) is 0 Å². The molecular formula is C23H33N5O3. The van der Waals surface area contributed by atoms with Gasteiger partial charge in [-0.3, -0.25) is 9.48 Å². The first-order valence-electron chi connectivity index (χ1n) is 11.5. The second kappa shape index (κ2) is 9.24. The Morgan fingerprint density at radius 1 is 1.16 bits per heavy atom. The van der Waals surface area contributed by atoms with Gasteiger partial charge in [0.1, 0.15) is 5.56 Å². The molecule has 1 saturated carbocycles. The Hall–Kier alpha value is -2.64. The number of hydrogen-bond donors (Lipinski definition) is 1. The molecule has 2 fully saturated rings. The fourth-order valence-corrected chi connectivity index (χ4v) is 5.01. The molecule has 1 N–H and O–H groups in total. The summed E-state index contributed by atoms with van der Waals surface area (Å²) in [5.74, 6) is 0.0442. The third-order valence-electron chi connectivity index (χ3n) is 6.63. The zero-order valence-corrected chi connectivity index (χ0v) is 18.8. The second-order valence-corrected chi connectivity index (χ2v) is 8.75. The number of piperidine rings is 1. The van der Waals surface area contributed by atoms with E-state index in [1.54, 1.807) is 17.8 Å². The van der Waals surface area contributed by atoms with Crippen LogP contribution in [-0.2, 0) is 16.6 Å². The molecular weight excluding hydrogens is 394 g/mol. The van der Waals surface area contributed by atoms with Crippen molar-refractivity contribution in [2.45, 2.75) is 64.8 Å². The summed E-state index contributed by atoms with van der Waals surface area (Å²) in [6, 6.07) is 0.184. The van der Waals surface area contributed by atoms with Gasteiger partial charge in [-0.25, -0.2) is 9.78 Å². The Morgan fingerprint density at radius 3 is 2.55 bits per heavy atom. The van der Waals surface area contributed by atoms with Gasteiger partial charge in [-0.15, -0.1) is 0 Å². The van der Waals surface area contributed by atoms with Crippen molar-refractivity contribution in [2.75, 3.05) is 24.6 Å². The average molecular weight is 428 g/mol. The highest BCUT2D eigenvalue weighted by Gasteiger charge is 2.30. The number of carbonyl (C=O) groups excluding carboxylic acids is 2. The number of ether oxygens (including phenoxy) is 1. The van der Waals surface area contributed by atoms with E-state index in [-0.39, 0.29) is 23.8 Å². The normalized spacial score (nSPS) is 18.4. The van der Waals surface area contributed by atoms with Gasteiger partial charge >= 0.3 is 5.97 Å². The van der Waals surface area contributed by atoms with Gasteiger partial charge in [-0.05, 0) is 39.5 Å². The number of anilines is 1.